The zero-order valence-electron chi connectivity index (χ0n) is 10.6. The Kier molecular flexibility index (Phi) is 1.78. The summed E-state index contributed by atoms with van der Waals surface area (Å²) in [6.07, 6.45) is 0. The molecular formula is C18H14. The maximum Gasteiger partial charge on any atom is -0.00240 e. The summed E-state index contributed by atoms with van der Waals surface area (Å²) in [5.41, 5.74) is 2.72. The van der Waals surface area contributed by atoms with E-state index in [9.17, 15) is 0 Å². The molecule has 86 valence electrons. The van der Waals surface area contributed by atoms with Crippen LogP contribution in [-0.2, 0) is 0 Å². The fourth-order valence-corrected chi connectivity index (χ4v) is 3.09. The fraction of sp³-hybridized carbons (Fsp3) is 0.111. The molecule has 0 unspecified atom stereocenters. The number of benzene rings is 4. The van der Waals surface area contributed by atoms with Crippen LogP contribution in [0.25, 0.3) is 32.3 Å². The van der Waals surface area contributed by atoms with Crippen LogP contribution < -0.4 is 0 Å². The summed E-state index contributed by atoms with van der Waals surface area (Å²) in [6.45, 7) is 4.39. The lowest BCUT2D eigenvalue weighted by Gasteiger charge is -2.13. The third-order valence-electron chi connectivity index (χ3n) is 4.10. The molecule has 0 radical (unpaired) electrons. The van der Waals surface area contributed by atoms with Crippen LogP contribution in [0.1, 0.15) is 11.1 Å². The normalized spacial score (nSPS) is 11.9. The Morgan fingerprint density at radius 1 is 0.500 bits per heavy atom. The molecule has 0 saturated heterocycles. The minimum Gasteiger partial charge on any atom is -0.0581 e. The van der Waals surface area contributed by atoms with E-state index in [1.165, 1.54) is 43.4 Å². The number of hydrogen-bond donors (Lipinski definition) is 0. The average Bonchev–Trinajstić information content (AvgIpc) is 2.40. The molecule has 0 atom stereocenters. The molecule has 0 heterocycles. The summed E-state index contributed by atoms with van der Waals surface area (Å²) in [5, 5.41) is 8.31. The molecule has 4 rings (SSSR count). The van der Waals surface area contributed by atoms with Crippen molar-refractivity contribution < 1.29 is 0 Å². The van der Waals surface area contributed by atoms with E-state index in [1.54, 1.807) is 0 Å². The molecule has 4 aromatic rings. The van der Waals surface area contributed by atoms with Gasteiger partial charge in [-0.1, -0.05) is 48.5 Å². The minimum absolute atomic E-state index is 1.35. The molecular weight excluding hydrogens is 216 g/mol. The third-order valence-corrected chi connectivity index (χ3v) is 4.10. The highest BCUT2D eigenvalue weighted by Crippen LogP contribution is 2.36. The predicted molar refractivity (Wildman–Crippen MR) is 79.6 cm³/mol. The zero-order chi connectivity index (χ0) is 12.3. The van der Waals surface area contributed by atoms with Gasteiger partial charge in [0.1, 0.15) is 0 Å². The van der Waals surface area contributed by atoms with E-state index in [4.69, 9.17) is 0 Å². The molecule has 0 fully saturated rings. The van der Waals surface area contributed by atoms with Crippen molar-refractivity contribution >= 4 is 32.3 Å². The summed E-state index contributed by atoms with van der Waals surface area (Å²) in [6, 6.07) is 17.9. The lowest BCUT2D eigenvalue weighted by atomic mass is 9.91. The van der Waals surface area contributed by atoms with Gasteiger partial charge in [-0.25, -0.2) is 0 Å². The summed E-state index contributed by atoms with van der Waals surface area (Å²) < 4.78 is 0. The molecule has 0 amide bonds. The molecule has 4 aromatic carbocycles. The van der Waals surface area contributed by atoms with Crippen molar-refractivity contribution in [3.63, 3.8) is 0 Å². The van der Waals surface area contributed by atoms with E-state index in [2.05, 4.69) is 62.4 Å². The molecule has 18 heavy (non-hydrogen) atoms. The van der Waals surface area contributed by atoms with E-state index in [0.29, 0.717) is 0 Å². The molecule has 0 aliphatic heterocycles. The van der Waals surface area contributed by atoms with Crippen LogP contribution in [0.5, 0.6) is 0 Å². The average molecular weight is 230 g/mol. The number of aryl methyl sites for hydroxylation is 2. The summed E-state index contributed by atoms with van der Waals surface area (Å²) in [4.78, 5) is 0. The number of rotatable bonds is 0. The van der Waals surface area contributed by atoms with Crippen molar-refractivity contribution in [2.75, 3.05) is 0 Å². The van der Waals surface area contributed by atoms with Crippen molar-refractivity contribution in [1.82, 2.24) is 0 Å². The Bertz CT molecular complexity index is 809. The first-order valence-corrected chi connectivity index (χ1v) is 6.39. The standard InChI is InChI=1S/C18H14/c1-11-3-5-13-8-10-16-12(2)4-6-14-7-9-15(11)17(13)18(14)16/h3-10H,1-2H3. The summed E-state index contributed by atoms with van der Waals surface area (Å²) in [7, 11) is 0. The Morgan fingerprint density at radius 2 is 0.889 bits per heavy atom. The van der Waals surface area contributed by atoms with Crippen LogP contribution in [-0.4, -0.2) is 0 Å². The van der Waals surface area contributed by atoms with E-state index in [-0.39, 0.29) is 0 Å². The molecule has 0 aliphatic rings. The highest BCUT2D eigenvalue weighted by molar-refractivity contribution is 6.24. The first-order valence-electron chi connectivity index (χ1n) is 6.39. The van der Waals surface area contributed by atoms with Crippen LogP contribution in [0.3, 0.4) is 0 Å². The van der Waals surface area contributed by atoms with Crippen LogP contribution in [0, 0.1) is 13.8 Å². The van der Waals surface area contributed by atoms with Crippen molar-refractivity contribution in [1.29, 1.82) is 0 Å². The number of hydrogen-bond acceptors (Lipinski definition) is 0. The Morgan fingerprint density at radius 3 is 1.33 bits per heavy atom. The quantitative estimate of drug-likeness (QED) is 0.364. The maximum absolute atomic E-state index is 2.26. The minimum atomic E-state index is 1.35. The Balaban J connectivity index is 2.47. The highest BCUT2D eigenvalue weighted by Gasteiger charge is 2.09. The van der Waals surface area contributed by atoms with Crippen molar-refractivity contribution in [2.24, 2.45) is 0 Å². The van der Waals surface area contributed by atoms with Gasteiger partial charge in [0.15, 0.2) is 0 Å². The van der Waals surface area contributed by atoms with Crippen molar-refractivity contribution in [2.45, 2.75) is 13.8 Å². The third kappa shape index (κ3) is 1.10. The van der Waals surface area contributed by atoms with E-state index in [0.717, 1.165) is 0 Å². The molecule has 0 saturated carbocycles. The Labute approximate surface area is 106 Å². The van der Waals surface area contributed by atoms with Gasteiger partial charge in [-0.2, -0.15) is 0 Å². The van der Waals surface area contributed by atoms with Gasteiger partial charge >= 0.3 is 0 Å². The molecule has 0 nitrogen and oxygen atoms in total. The smallest absolute Gasteiger partial charge is 0.00240 e. The Hall–Kier alpha value is -2.08. The second kappa shape index (κ2) is 3.23. The van der Waals surface area contributed by atoms with Crippen LogP contribution in [0.4, 0.5) is 0 Å². The molecule has 0 N–H and O–H groups in total. The molecule has 0 heteroatoms. The van der Waals surface area contributed by atoms with Gasteiger partial charge in [-0.15, -0.1) is 0 Å². The van der Waals surface area contributed by atoms with Crippen LogP contribution >= 0.6 is 0 Å². The SMILES string of the molecule is Cc1ccc2ccc3c(C)ccc4ccc1c2c43. The van der Waals surface area contributed by atoms with Crippen LogP contribution in [0.2, 0.25) is 0 Å². The van der Waals surface area contributed by atoms with Gasteiger partial charge in [-0.3, -0.25) is 0 Å². The van der Waals surface area contributed by atoms with Gasteiger partial charge in [0.2, 0.25) is 0 Å². The summed E-state index contributed by atoms with van der Waals surface area (Å²) >= 11 is 0. The van der Waals surface area contributed by atoms with E-state index >= 15 is 0 Å². The predicted octanol–water partition coefficient (Wildman–Crippen LogP) is 5.20. The topological polar surface area (TPSA) is 0 Å². The first kappa shape index (κ1) is 9.90. The zero-order valence-corrected chi connectivity index (χ0v) is 10.6. The van der Waals surface area contributed by atoms with Gasteiger partial charge in [0.05, 0.1) is 0 Å². The molecule has 0 aliphatic carbocycles. The second-order valence-electron chi connectivity index (χ2n) is 5.19. The lowest BCUT2D eigenvalue weighted by Crippen LogP contribution is -1.87. The molecule has 0 spiro atoms. The van der Waals surface area contributed by atoms with E-state index < -0.39 is 0 Å². The lowest BCUT2D eigenvalue weighted by molar-refractivity contribution is 1.53. The summed E-state index contributed by atoms with van der Waals surface area (Å²) in [5.74, 6) is 0. The first-order chi connectivity index (χ1) is 8.75. The van der Waals surface area contributed by atoms with E-state index in [1.807, 2.05) is 0 Å². The molecule has 0 bridgehead atoms. The van der Waals surface area contributed by atoms with Crippen LogP contribution in [0.15, 0.2) is 48.5 Å². The van der Waals surface area contributed by atoms with Gasteiger partial charge in [-0.05, 0) is 57.3 Å². The van der Waals surface area contributed by atoms with Gasteiger partial charge in [0.25, 0.3) is 0 Å². The monoisotopic (exact) mass is 230 g/mol. The largest absolute Gasteiger partial charge is 0.0581 e. The van der Waals surface area contributed by atoms with Crippen molar-refractivity contribution in [3.05, 3.63) is 59.7 Å². The second-order valence-corrected chi connectivity index (χ2v) is 5.19. The van der Waals surface area contributed by atoms with Crippen molar-refractivity contribution in [3.8, 4) is 0 Å². The van der Waals surface area contributed by atoms with Gasteiger partial charge < -0.3 is 0 Å². The fourth-order valence-electron chi connectivity index (χ4n) is 3.09. The maximum atomic E-state index is 2.26. The van der Waals surface area contributed by atoms with Gasteiger partial charge in [0, 0.05) is 0 Å². The highest BCUT2D eigenvalue weighted by atomic mass is 14.1. The molecule has 0 aromatic heterocycles.